The molecule has 0 saturated heterocycles. The molecule has 6 heteroatoms. The van der Waals surface area contributed by atoms with Gasteiger partial charge in [-0.15, -0.1) is 11.3 Å². The minimum atomic E-state index is -0.258. The van der Waals surface area contributed by atoms with Crippen LogP contribution in [0.15, 0.2) is 60.2 Å². The molecule has 3 heterocycles. The first kappa shape index (κ1) is 15.5. The zero-order chi connectivity index (χ0) is 17.2. The Labute approximate surface area is 149 Å². The third-order valence-electron chi connectivity index (χ3n) is 3.98. The molecule has 4 aromatic rings. The van der Waals surface area contributed by atoms with Crippen molar-refractivity contribution in [1.29, 1.82) is 0 Å². The molecular weight excluding hydrogens is 332 g/mol. The van der Waals surface area contributed by atoms with Crippen LogP contribution in [0.2, 0.25) is 0 Å². The highest BCUT2D eigenvalue weighted by molar-refractivity contribution is 7.14. The minimum Gasteiger partial charge on any atom is -0.306 e. The number of benzene rings is 1. The molecule has 1 aromatic carbocycles. The molecule has 0 bridgehead atoms. The molecule has 4 rings (SSSR count). The lowest BCUT2D eigenvalue weighted by Crippen LogP contribution is -2.12. The van der Waals surface area contributed by atoms with Crippen molar-refractivity contribution in [2.24, 2.45) is 0 Å². The summed E-state index contributed by atoms with van der Waals surface area (Å²) in [5.74, 6) is -0.258. The summed E-state index contributed by atoms with van der Waals surface area (Å²) in [6.07, 6.45) is 4.58. The molecule has 1 amide bonds. The number of hydrogen-bond donors (Lipinski definition) is 1. The Hall–Kier alpha value is -2.99. The fourth-order valence-electron chi connectivity index (χ4n) is 2.58. The van der Waals surface area contributed by atoms with Gasteiger partial charge in [0.15, 0.2) is 5.13 Å². The number of nitrogens with one attached hydrogen (secondary N) is 1. The smallest absolute Gasteiger partial charge is 0.277 e. The number of hydrogen-bond acceptors (Lipinski definition) is 4. The lowest BCUT2D eigenvalue weighted by molar-refractivity contribution is 0.102. The van der Waals surface area contributed by atoms with E-state index in [-0.39, 0.29) is 5.91 Å². The van der Waals surface area contributed by atoms with E-state index in [1.807, 2.05) is 34.2 Å². The molecule has 0 aliphatic carbocycles. The van der Waals surface area contributed by atoms with E-state index < -0.39 is 0 Å². The molecule has 25 heavy (non-hydrogen) atoms. The SMILES string of the molecule is CCc1ccc(-c2csc(NC(=O)c3cn4ccccc4n3)n2)cc1. The number of pyridine rings is 1. The number of fused-ring (bicyclic) bond motifs is 1. The predicted molar refractivity (Wildman–Crippen MR) is 100 cm³/mol. The topological polar surface area (TPSA) is 59.3 Å². The van der Waals surface area contributed by atoms with Crippen LogP contribution in [0.3, 0.4) is 0 Å². The number of aromatic nitrogens is 3. The summed E-state index contributed by atoms with van der Waals surface area (Å²) in [7, 11) is 0. The maximum absolute atomic E-state index is 12.4. The first-order valence-electron chi connectivity index (χ1n) is 8.03. The largest absolute Gasteiger partial charge is 0.306 e. The number of nitrogens with zero attached hydrogens (tertiary/aromatic N) is 3. The van der Waals surface area contributed by atoms with Gasteiger partial charge in [-0.25, -0.2) is 9.97 Å². The fraction of sp³-hybridized carbons (Fsp3) is 0.105. The number of carbonyl (C=O) groups excluding carboxylic acids is 1. The zero-order valence-corrected chi connectivity index (χ0v) is 14.5. The van der Waals surface area contributed by atoms with Gasteiger partial charge in [-0.2, -0.15) is 0 Å². The van der Waals surface area contributed by atoms with Crippen LogP contribution >= 0.6 is 11.3 Å². The molecule has 0 saturated carbocycles. The highest BCUT2D eigenvalue weighted by Crippen LogP contribution is 2.25. The Morgan fingerprint density at radius 1 is 1.16 bits per heavy atom. The number of anilines is 1. The first-order valence-corrected chi connectivity index (χ1v) is 8.91. The van der Waals surface area contributed by atoms with E-state index in [4.69, 9.17) is 0 Å². The Morgan fingerprint density at radius 2 is 2.00 bits per heavy atom. The molecule has 0 fully saturated rings. The summed E-state index contributed by atoms with van der Waals surface area (Å²) < 4.78 is 1.82. The van der Waals surface area contributed by atoms with Crippen molar-refractivity contribution in [2.45, 2.75) is 13.3 Å². The van der Waals surface area contributed by atoms with Crippen LogP contribution in [0.5, 0.6) is 0 Å². The molecule has 3 aromatic heterocycles. The summed E-state index contributed by atoms with van der Waals surface area (Å²) in [5.41, 5.74) is 4.30. The minimum absolute atomic E-state index is 0.258. The molecule has 0 unspecified atom stereocenters. The van der Waals surface area contributed by atoms with Gasteiger partial charge >= 0.3 is 0 Å². The van der Waals surface area contributed by atoms with Crippen molar-refractivity contribution in [2.75, 3.05) is 5.32 Å². The van der Waals surface area contributed by atoms with Gasteiger partial charge in [0.25, 0.3) is 5.91 Å². The molecule has 5 nitrogen and oxygen atoms in total. The van der Waals surface area contributed by atoms with E-state index in [0.29, 0.717) is 10.8 Å². The Morgan fingerprint density at radius 3 is 2.76 bits per heavy atom. The summed E-state index contributed by atoms with van der Waals surface area (Å²) in [6.45, 7) is 2.13. The molecule has 1 N–H and O–H groups in total. The predicted octanol–water partition coefficient (Wildman–Crippen LogP) is 4.27. The van der Waals surface area contributed by atoms with Gasteiger partial charge in [-0.3, -0.25) is 10.1 Å². The molecule has 0 radical (unpaired) electrons. The molecule has 0 aliphatic heterocycles. The number of carbonyl (C=O) groups is 1. The third-order valence-corrected chi connectivity index (χ3v) is 4.74. The van der Waals surface area contributed by atoms with Gasteiger partial charge in [0.05, 0.1) is 5.69 Å². The van der Waals surface area contributed by atoms with Gasteiger partial charge < -0.3 is 4.40 Å². The highest BCUT2D eigenvalue weighted by atomic mass is 32.1. The summed E-state index contributed by atoms with van der Waals surface area (Å²) >= 11 is 1.41. The molecule has 0 aliphatic rings. The maximum atomic E-state index is 12.4. The summed E-state index contributed by atoms with van der Waals surface area (Å²) in [5, 5.41) is 5.34. The average Bonchev–Trinajstić information content (AvgIpc) is 3.28. The van der Waals surface area contributed by atoms with Crippen molar-refractivity contribution in [1.82, 2.24) is 14.4 Å². The van der Waals surface area contributed by atoms with E-state index in [9.17, 15) is 4.79 Å². The maximum Gasteiger partial charge on any atom is 0.277 e. The molecule has 0 atom stereocenters. The van der Waals surface area contributed by atoms with E-state index >= 15 is 0 Å². The van der Waals surface area contributed by atoms with Crippen LogP contribution in [0, 0.1) is 0 Å². The van der Waals surface area contributed by atoms with E-state index in [0.717, 1.165) is 23.3 Å². The van der Waals surface area contributed by atoms with Gasteiger partial charge in [0.1, 0.15) is 11.3 Å². The highest BCUT2D eigenvalue weighted by Gasteiger charge is 2.13. The van der Waals surface area contributed by atoms with Crippen LogP contribution in [0.4, 0.5) is 5.13 Å². The molecule has 124 valence electrons. The standard InChI is InChI=1S/C19H16N4OS/c1-2-13-6-8-14(9-7-13)16-12-25-19(21-16)22-18(24)15-11-23-10-4-3-5-17(23)20-15/h3-12H,2H2,1H3,(H,21,22,24). The number of amides is 1. The van der Waals surface area contributed by atoms with Gasteiger partial charge in [0.2, 0.25) is 0 Å². The van der Waals surface area contributed by atoms with Gasteiger partial charge in [-0.1, -0.05) is 37.3 Å². The quantitative estimate of drug-likeness (QED) is 0.599. The zero-order valence-electron chi connectivity index (χ0n) is 13.6. The Balaban J connectivity index is 1.52. The fourth-order valence-corrected chi connectivity index (χ4v) is 3.29. The Bertz CT molecular complexity index is 1000. The summed E-state index contributed by atoms with van der Waals surface area (Å²) in [6, 6.07) is 14.0. The van der Waals surface area contributed by atoms with Gasteiger partial charge in [-0.05, 0) is 24.1 Å². The van der Waals surface area contributed by atoms with Crippen LogP contribution in [-0.2, 0) is 6.42 Å². The second-order valence-electron chi connectivity index (χ2n) is 5.63. The molecule has 0 spiro atoms. The van der Waals surface area contributed by atoms with Crippen LogP contribution in [0.1, 0.15) is 23.0 Å². The van der Waals surface area contributed by atoms with Crippen molar-refractivity contribution in [3.8, 4) is 11.3 Å². The molecular formula is C19H16N4OS. The van der Waals surface area contributed by atoms with Crippen molar-refractivity contribution in [3.05, 3.63) is 71.5 Å². The van der Waals surface area contributed by atoms with E-state index in [1.54, 1.807) is 6.20 Å². The van der Waals surface area contributed by atoms with Crippen LogP contribution in [0.25, 0.3) is 16.9 Å². The number of imidazole rings is 1. The van der Waals surface area contributed by atoms with Crippen molar-refractivity contribution in [3.63, 3.8) is 0 Å². The number of thiazole rings is 1. The normalized spacial score (nSPS) is 10.9. The average molecular weight is 348 g/mol. The third kappa shape index (κ3) is 3.16. The monoisotopic (exact) mass is 348 g/mol. The lowest BCUT2D eigenvalue weighted by atomic mass is 10.1. The lowest BCUT2D eigenvalue weighted by Gasteiger charge is -2.00. The number of rotatable bonds is 4. The first-order chi connectivity index (χ1) is 12.2. The van der Waals surface area contributed by atoms with Crippen molar-refractivity contribution >= 4 is 28.0 Å². The van der Waals surface area contributed by atoms with Gasteiger partial charge in [0, 0.05) is 23.3 Å². The number of aryl methyl sites for hydroxylation is 1. The van der Waals surface area contributed by atoms with E-state index in [2.05, 4.69) is 46.5 Å². The van der Waals surface area contributed by atoms with Crippen molar-refractivity contribution < 1.29 is 4.79 Å². The Kier molecular flexibility index (Phi) is 4.03. The summed E-state index contributed by atoms with van der Waals surface area (Å²) in [4.78, 5) is 21.2. The second-order valence-corrected chi connectivity index (χ2v) is 6.49. The van der Waals surface area contributed by atoms with Crippen LogP contribution < -0.4 is 5.32 Å². The second kappa shape index (κ2) is 6.49. The van der Waals surface area contributed by atoms with E-state index in [1.165, 1.54) is 16.9 Å². The van der Waals surface area contributed by atoms with Crippen LogP contribution in [-0.4, -0.2) is 20.3 Å².